The highest BCUT2D eigenvalue weighted by Gasteiger charge is 2.36. The summed E-state index contributed by atoms with van der Waals surface area (Å²) in [5.74, 6) is -1.63. The first kappa shape index (κ1) is 33.4. The van der Waals surface area contributed by atoms with Gasteiger partial charge in [0, 0.05) is 24.6 Å². The molecule has 7 nitrogen and oxygen atoms in total. The fraction of sp³-hybridized carbons (Fsp3) is 0.257. The van der Waals surface area contributed by atoms with Gasteiger partial charge in [0.15, 0.2) is 0 Å². The first-order valence-electron chi connectivity index (χ1n) is 15.0. The molecular weight excluding hydrogens is 648 g/mol. The predicted octanol–water partition coefficient (Wildman–Crippen LogP) is 7.03. The Morgan fingerprint density at radius 3 is 2.13 bits per heavy atom. The molecular formula is C35H34Cl2FN3O4S. The highest BCUT2D eigenvalue weighted by molar-refractivity contribution is 7.92. The summed E-state index contributed by atoms with van der Waals surface area (Å²) in [5, 5.41) is 3.41. The maximum absolute atomic E-state index is 15.1. The van der Waals surface area contributed by atoms with Gasteiger partial charge < -0.3 is 10.2 Å². The van der Waals surface area contributed by atoms with Crippen LogP contribution in [0.2, 0.25) is 10.0 Å². The van der Waals surface area contributed by atoms with Gasteiger partial charge in [0.2, 0.25) is 11.8 Å². The van der Waals surface area contributed by atoms with Crippen LogP contribution in [0.15, 0.2) is 108 Å². The molecule has 0 aliphatic heterocycles. The van der Waals surface area contributed by atoms with Gasteiger partial charge in [-0.2, -0.15) is 0 Å². The summed E-state index contributed by atoms with van der Waals surface area (Å²) >= 11 is 12.4. The van der Waals surface area contributed by atoms with Crippen molar-refractivity contribution in [2.24, 2.45) is 0 Å². The van der Waals surface area contributed by atoms with Crippen LogP contribution >= 0.6 is 23.2 Å². The maximum Gasteiger partial charge on any atom is 0.264 e. The maximum atomic E-state index is 15.1. The molecule has 0 radical (unpaired) electrons. The zero-order valence-electron chi connectivity index (χ0n) is 25.0. The van der Waals surface area contributed by atoms with Crippen molar-refractivity contribution < 1.29 is 22.4 Å². The monoisotopic (exact) mass is 681 g/mol. The van der Waals surface area contributed by atoms with Crippen molar-refractivity contribution in [2.75, 3.05) is 10.8 Å². The molecule has 1 unspecified atom stereocenters. The van der Waals surface area contributed by atoms with E-state index in [4.69, 9.17) is 23.2 Å². The SMILES string of the molecule is O=C(NC1CCCC1)C(Cc1ccccc1)N(Cc1ccccc1F)C(=O)CN(c1ccc(Cl)c(Cl)c1)S(=O)(=O)c1ccccc1. The summed E-state index contributed by atoms with van der Waals surface area (Å²) in [6.07, 6.45) is 3.76. The summed E-state index contributed by atoms with van der Waals surface area (Å²) < 4.78 is 44.1. The molecule has 1 saturated carbocycles. The summed E-state index contributed by atoms with van der Waals surface area (Å²) in [6.45, 7) is -0.951. The Labute approximate surface area is 279 Å². The number of benzene rings is 4. The first-order valence-corrected chi connectivity index (χ1v) is 17.2. The minimum Gasteiger partial charge on any atom is -0.352 e. The van der Waals surface area contributed by atoms with Crippen molar-refractivity contribution in [1.82, 2.24) is 10.2 Å². The Hall–Kier alpha value is -3.92. The molecule has 1 N–H and O–H groups in total. The third-order valence-corrected chi connectivity index (χ3v) is 10.6. The van der Waals surface area contributed by atoms with Gasteiger partial charge in [0.05, 0.1) is 20.6 Å². The van der Waals surface area contributed by atoms with Crippen LogP contribution in [-0.4, -0.2) is 43.8 Å². The molecule has 11 heteroatoms. The number of rotatable bonds is 12. The summed E-state index contributed by atoms with van der Waals surface area (Å²) in [6, 6.07) is 26.1. The van der Waals surface area contributed by atoms with Crippen molar-refractivity contribution in [2.45, 2.75) is 55.6 Å². The van der Waals surface area contributed by atoms with Gasteiger partial charge in [-0.3, -0.25) is 13.9 Å². The highest BCUT2D eigenvalue weighted by atomic mass is 35.5. The molecule has 1 atom stereocenters. The number of sulfonamides is 1. The van der Waals surface area contributed by atoms with Gasteiger partial charge in [0.1, 0.15) is 18.4 Å². The second kappa shape index (κ2) is 15.1. The number of halogens is 3. The first-order chi connectivity index (χ1) is 22.1. The minimum atomic E-state index is -4.31. The number of carbonyl (C=O) groups excluding carboxylic acids is 2. The Balaban J connectivity index is 1.58. The van der Waals surface area contributed by atoms with Gasteiger partial charge >= 0.3 is 0 Å². The van der Waals surface area contributed by atoms with Crippen molar-refractivity contribution in [3.8, 4) is 0 Å². The van der Waals surface area contributed by atoms with Crippen LogP contribution in [0.4, 0.5) is 10.1 Å². The van der Waals surface area contributed by atoms with Crippen LogP contribution in [0.1, 0.15) is 36.8 Å². The van der Waals surface area contributed by atoms with E-state index in [0.29, 0.717) is 0 Å². The van der Waals surface area contributed by atoms with Crippen molar-refractivity contribution in [3.63, 3.8) is 0 Å². The average Bonchev–Trinajstić information content (AvgIpc) is 3.57. The quantitative estimate of drug-likeness (QED) is 0.174. The lowest BCUT2D eigenvalue weighted by atomic mass is 10.0. The van der Waals surface area contributed by atoms with Gasteiger partial charge in [-0.15, -0.1) is 0 Å². The number of nitrogens with one attached hydrogen (secondary N) is 1. The van der Waals surface area contributed by atoms with Crippen LogP contribution < -0.4 is 9.62 Å². The number of carbonyl (C=O) groups is 2. The van der Waals surface area contributed by atoms with E-state index < -0.39 is 34.3 Å². The Bertz CT molecular complexity index is 1770. The molecule has 0 saturated heterocycles. The predicted molar refractivity (Wildman–Crippen MR) is 179 cm³/mol. The highest BCUT2D eigenvalue weighted by Crippen LogP contribution is 2.31. The zero-order chi connectivity index (χ0) is 32.7. The Kier molecular flexibility index (Phi) is 11.0. The molecule has 1 fully saturated rings. The molecule has 240 valence electrons. The molecule has 0 spiro atoms. The van der Waals surface area contributed by atoms with Crippen LogP contribution in [0.25, 0.3) is 0 Å². The third kappa shape index (κ3) is 8.07. The third-order valence-electron chi connectivity index (χ3n) is 8.07. The van der Waals surface area contributed by atoms with Crippen LogP contribution in [0.5, 0.6) is 0 Å². The molecule has 2 amide bonds. The van der Waals surface area contributed by atoms with Crippen LogP contribution in [0.3, 0.4) is 0 Å². The molecule has 1 aliphatic rings. The van der Waals surface area contributed by atoms with E-state index in [-0.39, 0.29) is 51.1 Å². The standard InChI is InChI=1S/C35H34Cl2FN3O4S/c36-30-20-19-28(22-31(30)37)41(46(44,45)29-16-5-2-6-17-29)24-34(42)40(23-26-13-7-10-18-32(26)38)33(21-25-11-3-1-4-12-25)35(43)39-27-14-8-9-15-27/h1-7,10-13,16-20,22,27,33H,8-9,14-15,21,23-24H2,(H,39,43). The largest absolute Gasteiger partial charge is 0.352 e. The lowest BCUT2D eigenvalue weighted by Crippen LogP contribution is -2.54. The second-order valence-corrected chi connectivity index (χ2v) is 13.9. The van der Waals surface area contributed by atoms with Gasteiger partial charge in [-0.1, -0.05) is 103 Å². The molecule has 4 aromatic carbocycles. The average molecular weight is 683 g/mol. The van der Waals surface area contributed by atoms with Crippen molar-refractivity contribution >= 4 is 50.7 Å². The van der Waals surface area contributed by atoms with Crippen LogP contribution in [0, 0.1) is 5.82 Å². The molecule has 4 aromatic rings. The number of hydrogen-bond donors (Lipinski definition) is 1. The van der Waals surface area contributed by atoms with Crippen molar-refractivity contribution in [3.05, 3.63) is 130 Å². The van der Waals surface area contributed by atoms with E-state index in [0.717, 1.165) is 35.6 Å². The molecule has 1 aliphatic carbocycles. The second-order valence-electron chi connectivity index (χ2n) is 11.2. The lowest BCUT2D eigenvalue weighted by Gasteiger charge is -2.34. The van der Waals surface area contributed by atoms with Gasteiger partial charge in [-0.05, 0) is 54.8 Å². The van der Waals surface area contributed by atoms with E-state index in [1.54, 1.807) is 30.3 Å². The topological polar surface area (TPSA) is 86.8 Å². The number of nitrogens with zero attached hydrogens (tertiary/aromatic N) is 2. The van der Waals surface area contributed by atoms with Gasteiger partial charge in [-0.25, -0.2) is 12.8 Å². The summed E-state index contributed by atoms with van der Waals surface area (Å²) in [5.41, 5.74) is 1.08. The zero-order valence-corrected chi connectivity index (χ0v) is 27.3. The van der Waals surface area contributed by atoms with Crippen LogP contribution in [-0.2, 0) is 32.6 Å². The number of amides is 2. The molecule has 0 aromatic heterocycles. The van der Waals surface area contributed by atoms with E-state index >= 15 is 4.39 Å². The van der Waals surface area contributed by atoms with E-state index in [2.05, 4.69) is 5.32 Å². The normalized spacial score (nSPS) is 14.1. The number of anilines is 1. The Morgan fingerprint density at radius 1 is 0.848 bits per heavy atom. The minimum absolute atomic E-state index is 0.0395. The number of hydrogen-bond acceptors (Lipinski definition) is 4. The molecule has 0 heterocycles. The summed E-state index contributed by atoms with van der Waals surface area (Å²) in [4.78, 5) is 29.8. The van der Waals surface area contributed by atoms with E-state index in [1.165, 1.54) is 47.4 Å². The van der Waals surface area contributed by atoms with E-state index in [9.17, 15) is 18.0 Å². The van der Waals surface area contributed by atoms with E-state index in [1.807, 2.05) is 30.3 Å². The molecule has 0 bridgehead atoms. The molecule has 5 rings (SSSR count). The molecule has 46 heavy (non-hydrogen) atoms. The van der Waals surface area contributed by atoms with Crippen molar-refractivity contribution in [1.29, 1.82) is 0 Å². The lowest BCUT2D eigenvalue weighted by molar-refractivity contribution is -0.140. The Morgan fingerprint density at radius 2 is 1.48 bits per heavy atom. The fourth-order valence-electron chi connectivity index (χ4n) is 5.62. The summed E-state index contributed by atoms with van der Waals surface area (Å²) in [7, 11) is -4.31. The fourth-order valence-corrected chi connectivity index (χ4v) is 7.34. The van der Waals surface area contributed by atoms with Gasteiger partial charge in [0.25, 0.3) is 10.0 Å². The smallest absolute Gasteiger partial charge is 0.264 e.